The van der Waals surface area contributed by atoms with E-state index in [0.29, 0.717) is 13.1 Å². The SMILES string of the molecule is CN(C)CC#Cc1ccc([C@H]2[C@@H](CO)N3C(=O)CN(C(=O)Cc4cccnc4)C[C@@H]23)cc1. The molecule has 0 saturated carbocycles. The molecule has 2 fully saturated rings. The van der Waals surface area contributed by atoms with Gasteiger partial charge in [-0.05, 0) is 43.4 Å². The van der Waals surface area contributed by atoms with E-state index in [-0.39, 0.29) is 49.4 Å². The summed E-state index contributed by atoms with van der Waals surface area (Å²) in [5.41, 5.74) is 2.81. The van der Waals surface area contributed by atoms with Crippen LogP contribution in [0.5, 0.6) is 0 Å². The maximum Gasteiger partial charge on any atom is 0.242 e. The van der Waals surface area contributed by atoms with Crippen LogP contribution in [-0.2, 0) is 16.0 Å². The Morgan fingerprint density at radius 3 is 2.69 bits per heavy atom. The molecule has 0 radical (unpaired) electrons. The first-order chi connectivity index (χ1) is 15.5. The van der Waals surface area contributed by atoms with Crippen LogP contribution < -0.4 is 0 Å². The monoisotopic (exact) mass is 432 g/mol. The van der Waals surface area contributed by atoms with Gasteiger partial charge in [0.25, 0.3) is 0 Å². The average Bonchev–Trinajstić information content (AvgIpc) is 2.76. The predicted octanol–water partition coefficient (Wildman–Crippen LogP) is 0.735. The Morgan fingerprint density at radius 2 is 2.03 bits per heavy atom. The van der Waals surface area contributed by atoms with Crippen LogP contribution in [0.4, 0.5) is 0 Å². The summed E-state index contributed by atoms with van der Waals surface area (Å²) in [6.45, 7) is 1.12. The quantitative estimate of drug-likeness (QED) is 0.705. The highest BCUT2D eigenvalue weighted by atomic mass is 16.3. The van der Waals surface area contributed by atoms with Crippen molar-refractivity contribution < 1.29 is 14.7 Å². The van der Waals surface area contributed by atoms with Crippen molar-refractivity contribution in [2.45, 2.75) is 24.4 Å². The van der Waals surface area contributed by atoms with Crippen molar-refractivity contribution in [1.82, 2.24) is 19.7 Å². The lowest BCUT2D eigenvalue weighted by Crippen LogP contribution is -2.73. The first-order valence-corrected chi connectivity index (χ1v) is 10.8. The summed E-state index contributed by atoms with van der Waals surface area (Å²) in [6.07, 6.45) is 3.57. The molecule has 3 atom stereocenters. The normalized spacial score (nSPS) is 22.1. The molecule has 3 heterocycles. The molecule has 2 aliphatic heterocycles. The van der Waals surface area contributed by atoms with Crippen molar-refractivity contribution in [3.05, 3.63) is 65.5 Å². The van der Waals surface area contributed by atoms with Crippen molar-refractivity contribution in [3.8, 4) is 11.8 Å². The molecule has 1 N–H and O–H groups in total. The number of aliphatic hydroxyl groups excluding tert-OH is 1. The zero-order chi connectivity index (χ0) is 22.7. The van der Waals surface area contributed by atoms with Crippen LogP contribution in [-0.4, -0.2) is 89.0 Å². The molecule has 1 aromatic heterocycles. The number of hydrogen-bond donors (Lipinski definition) is 1. The highest BCUT2D eigenvalue weighted by Gasteiger charge is 2.54. The number of rotatable bonds is 5. The lowest BCUT2D eigenvalue weighted by molar-refractivity contribution is -0.166. The summed E-state index contributed by atoms with van der Waals surface area (Å²) in [7, 11) is 3.96. The summed E-state index contributed by atoms with van der Waals surface area (Å²) < 4.78 is 0. The summed E-state index contributed by atoms with van der Waals surface area (Å²) in [6, 6.07) is 11.3. The largest absolute Gasteiger partial charge is 0.394 e. The smallest absolute Gasteiger partial charge is 0.242 e. The van der Waals surface area contributed by atoms with Crippen LogP contribution in [0.2, 0.25) is 0 Å². The Bertz CT molecular complexity index is 1030. The van der Waals surface area contributed by atoms with Crippen molar-refractivity contribution in [2.24, 2.45) is 0 Å². The Balaban J connectivity index is 1.48. The van der Waals surface area contributed by atoms with E-state index in [1.807, 2.05) is 49.3 Å². The number of amides is 2. The summed E-state index contributed by atoms with van der Waals surface area (Å²) in [5, 5.41) is 9.96. The van der Waals surface area contributed by atoms with Crippen LogP contribution in [0, 0.1) is 11.8 Å². The fourth-order valence-corrected chi connectivity index (χ4v) is 4.57. The van der Waals surface area contributed by atoms with Gasteiger partial charge in [0.1, 0.15) is 0 Å². The van der Waals surface area contributed by atoms with Gasteiger partial charge in [0.2, 0.25) is 11.8 Å². The first kappa shape index (κ1) is 22.0. The van der Waals surface area contributed by atoms with Gasteiger partial charge in [0.15, 0.2) is 0 Å². The van der Waals surface area contributed by atoms with Gasteiger partial charge in [-0.3, -0.25) is 19.5 Å². The van der Waals surface area contributed by atoms with Gasteiger partial charge in [-0.2, -0.15) is 0 Å². The van der Waals surface area contributed by atoms with Crippen molar-refractivity contribution >= 4 is 11.8 Å². The highest BCUT2D eigenvalue weighted by molar-refractivity contribution is 5.88. The number of fused-ring (bicyclic) bond motifs is 1. The minimum absolute atomic E-state index is 0.0123. The van der Waals surface area contributed by atoms with Crippen LogP contribution in [0.1, 0.15) is 22.6 Å². The van der Waals surface area contributed by atoms with E-state index < -0.39 is 0 Å². The summed E-state index contributed by atoms with van der Waals surface area (Å²) in [4.78, 5) is 35.1. The van der Waals surface area contributed by atoms with E-state index >= 15 is 0 Å². The van der Waals surface area contributed by atoms with Crippen molar-refractivity contribution in [2.75, 3.05) is 40.3 Å². The molecule has 4 rings (SSSR count). The van der Waals surface area contributed by atoms with E-state index in [2.05, 4.69) is 16.8 Å². The molecule has 1 aromatic carbocycles. The second kappa shape index (κ2) is 9.51. The van der Waals surface area contributed by atoms with Gasteiger partial charge in [-0.25, -0.2) is 0 Å². The van der Waals surface area contributed by atoms with Crippen molar-refractivity contribution in [3.63, 3.8) is 0 Å². The van der Waals surface area contributed by atoms with Gasteiger partial charge < -0.3 is 14.9 Å². The molecular formula is C25H28N4O3. The van der Waals surface area contributed by atoms with E-state index in [4.69, 9.17) is 0 Å². The van der Waals surface area contributed by atoms with Crippen LogP contribution in [0.3, 0.4) is 0 Å². The van der Waals surface area contributed by atoms with Gasteiger partial charge in [-0.15, -0.1) is 0 Å². The van der Waals surface area contributed by atoms with Gasteiger partial charge in [0.05, 0.1) is 38.2 Å². The second-order valence-electron chi connectivity index (χ2n) is 8.62. The lowest BCUT2D eigenvalue weighted by Gasteiger charge is -2.58. The second-order valence-corrected chi connectivity index (χ2v) is 8.62. The van der Waals surface area contributed by atoms with E-state index in [0.717, 1.165) is 16.7 Å². The molecule has 2 saturated heterocycles. The molecular weight excluding hydrogens is 404 g/mol. The van der Waals surface area contributed by atoms with Crippen LogP contribution in [0.15, 0.2) is 48.8 Å². The van der Waals surface area contributed by atoms with Gasteiger partial charge in [-0.1, -0.05) is 30.0 Å². The predicted molar refractivity (Wildman–Crippen MR) is 121 cm³/mol. The molecule has 0 unspecified atom stereocenters. The number of hydrogen-bond acceptors (Lipinski definition) is 5. The zero-order valence-corrected chi connectivity index (χ0v) is 18.4. The molecule has 32 heavy (non-hydrogen) atoms. The summed E-state index contributed by atoms with van der Waals surface area (Å²) in [5.74, 6) is 6.07. The molecule has 7 heteroatoms. The average molecular weight is 433 g/mol. The number of benzene rings is 1. The van der Waals surface area contributed by atoms with Crippen LogP contribution >= 0.6 is 0 Å². The topological polar surface area (TPSA) is 77.0 Å². The molecule has 2 amide bonds. The molecule has 0 bridgehead atoms. The van der Waals surface area contributed by atoms with E-state index in [1.165, 1.54) is 0 Å². The standard InChI is InChI=1S/C25H28N4O3/c1-27(2)12-4-6-18-7-9-20(10-8-18)25-21-15-28(16-24(32)29(21)22(25)17-30)23(31)13-19-5-3-11-26-14-19/h3,5,7-11,14,21-22,25,30H,12-13,15-17H2,1-2H3/t21-,22+,25+/m0/s1. The molecule has 0 aliphatic carbocycles. The number of carbonyl (C=O) groups excluding carboxylic acids is 2. The Kier molecular flexibility index (Phi) is 6.54. The number of carbonyl (C=O) groups is 2. The third-order valence-electron chi connectivity index (χ3n) is 6.11. The number of pyridine rings is 1. The number of aliphatic hydroxyl groups is 1. The lowest BCUT2D eigenvalue weighted by atomic mass is 9.73. The summed E-state index contributed by atoms with van der Waals surface area (Å²) >= 11 is 0. The Labute approximate surface area is 188 Å². The number of piperazine rings is 1. The minimum atomic E-state index is -0.256. The highest BCUT2D eigenvalue weighted by Crippen LogP contribution is 2.42. The number of aromatic nitrogens is 1. The fraction of sp³-hybridized carbons (Fsp3) is 0.400. The first-order valence-electron chi connectivity index (χ1n) is 10.8. The molecule has 7 nitrogen and oxygen atoms in total. The van der Waals surface area contributed by atoms with E-state index in [9.17, 15) is 14.7 Å². The third kappa shape index (κ3) is 4.52. The van der Waals surface area contributed by atoms with Crippen LogP contribution in [0.25, 0.3) is 0 Å². The Hall–Kier alpha value is -3.21. The molecule has 0 spiro atoms. The molecule has 2 aliphatic rings. The Morgan fingerprint density at radius 1 is 1.25 bits per heavy atom. The fourth-order valence-electron chi connectivity index (χ4n) is 4.57. The molecule has 166 valence electrons. The minimum Gasteiger partial charge on any atom is -0.394 e. The third-order valence-corrected chi connectivity index (χ3v) is 6.11. The van der Waals surface area contributed by atoms with Gasteiger partial charge in [0, 0.05) is 30.4 Å². The molecule has 2 aromatic rings. The maximum absolute atomic E-state index is 12.8. The van der Waals surface area contributed by atoms with Gasteiger partial charge >= 0.3 is 0 Å². The zero-order valence-electron chi connectivity index (χ0n) is 18.4. The van der Waals surface area contributed by atoms with Crippen molar-refractivity contribution in [1.29, 1.82) is 0 Å². The number of nitrogens with zero attached hydrogens (tertiary/aromatic N) is 4. The van der Waals surface area contributed by atoms with E-state index in [1.54, 1.807) is 28.3 Å². The maximum atomic E-state index is 12.8.